The lowest BCUT2D eigenvalue weighted by atomic mass is 9.76. The Morgan fingerprint density at radius 2 is 1.78 bits per heavy atom. The summed E-state index contributed by atoms with van der Waals surface area (Å²) in [6, 6.07) is 2.88. The van der Waals surface area contributed by atoms with Crippen molar-refractivity contribution in [1.29, 1.82) is 0 Å². The van der Waals surface area contributed by atoms with Gasteiger partial charge in [0, 0.05) is 23.2 Å². The van der Waals surface area contributed by atoms with Crippen molar-refractivity contribution in [1.82, 2.24) is 4.72 Å². The molecule has 7 nitrogen and oxygen atoms in total. The third kappa shape index (κ3) is 2.95. The van der Waals surface area contributed by atoms with E-state index < -0.39 is 21.7 Å². The molecule has 3 atom stereocenters. The number of benzene rings is 1. The molecule has 1 heterocycles. The van der Waals surface area contributed by atoms with Crippen LogP contribution < -0.4 is 10.0 Å². The van der Waals surface area contributed by atoms with Crippen molar-refractivity contribution >= 4 is 21.7 Å². The molecule has 0 saturated heterocycles. The molecule has 4 aliphatic rings. The Bertz CT molecular complexity index is 1210. The molecule has 0 unspecified atom stereocenters. The molecular weight excluding hydrogens is 428 g/mol. The summed E-state index contributed by atoms with van der Waals surface area (Å²) in [5.41, 5.74) is 5.01. The standard InChI is InChI=1S/C24H28N2O5S/c1-24(28)16-9-8-15(11-16)22-19(24)12-20(31-22)32(29,30)26-23(27)25-21-17-6-2-4-13(17)10-14-5-3-7-18(14)21/h10,12,15-16,28H,2-9,11H2,1H3,(H2,25,26,27)/t15-,16+,24-/m1/s1. The largest absolute Gasteiger partial charge is 0.447 e. The van der Waals surface area contributed by atoms with Crippen LogP contribution in [0.15, 0.2) is 21.6 Å². The zero-order chi connectivity index (χ0) is 22.3. The van der Waals surface area contributed by atoms with Gasteiger partial charge in [-0.3, -0.25) is 0 Å². The maximum atomic E-state index is 13.0. The lowest BCUT2D eigenvalue weighted by molar-refractivity contribution is -0.0115. The van der Waals surface area contributed by atoms with Gasteiger partial charge in [0.1, 0.15) is 5.76 Å². The number of anilines is 1. The van der Waals surface area contributed by atoms with Crippen LogP contribution in [0.4, 0.5) is 10.5 Å². The third-order valence-corrected chi connectivity index (χ3v) is 9.27. The van der Waals surface area contributed by atoms with Gasteiger partial charge in [0.25, 0.3) is 10.0 Å². The van der Waals surface area contributed by atoms with Gasteiger partial charge in [0.2, 0.25) is 5.09 Å². The Balaban J connectivity index is 1.28. The number of sulfonamides is 1. The Morgan fingerprint density at radius 3 is 2.47 bits per heavy atom. The van der Waals surface area contributed by atoms with Crippen LogP contribution >= 0.6 is 0 Å². The van der Waals surface area contributed by atoms with E-state index in [1.807, 2.05) is 0 Å². The molecule has 4 aliphatic carbocycles. The van der Waals surface area contributed by atoms with Gasteiger partial charge in [-0.25, -0.2) is 9.52 Å². The number of aliphatic hydroxyl groups is 1. The molecule has 8 heteroatoms. The summed E-state index contributed by atoms with van der Waals surface area (Å²) in [5, 5.41) is 13.5. The molecule has 1 saturated carbocycles. The van der Waals surface area contributed by atoms with Crippen LogP contribution in [0.2, 0.25) is 0 Å². The number of aryl methyl sites for hydroxylation is 2. The fourth-order valence-electron chi connectivity index (χ4n) is 6.44. The highest BCUT2D eigenvalue weighted by molar-refractivity contribution is 7.89. The summed E-state index contributed by atoms with van der Waals surface area (Å²) >= 11 is 0. The van der Waals surface area contributed by atoms with Crippen molar-refractivity contribution in [3.63, 3.8) is 0 Å². The van der Waals surface area contributed by atoms with E-state index in [9.17, 15) is 18.3 Å². The number of fused-ring (bicyclic) bond motifs is 6. The van der Waals surface area contributed by atoms with Gasteiger partial charge in [0.15, 0.2) is 0 Å². The highest BCUT2D eigenvalue weighted by atomic mass is 32.2. The van der Waals surface area contributed by atoms with Crippen molar-refractivity contribution in [2.75, 3.05) is 5.32 Å². The zero-order valence-corrected chi connectivity index (χ0v) is 19.0. The highest BCUT2D eigenvalue weighted by Crippen LogP contribution is 2.55. The van der Waals surface area contributed by atoms with Gasteiger partial charge in [-0.1, -0.05) is 6.07 Å². The molecule has 6 rings (SSSR count). The minimum absolute atomic E-state index is 0.103. The molecule has 1 fully saturated rings. The molecule has 0 spiro atoms. The topological polar surface area (TPSA) is 109 Å². The second-order valence-electron chi connectivity index (χ2n) is 9.99. The van der Waals surface area contributed by atoms with Crippen LogP contribution in [0.3, 0.4) is 0 Å². The fraction of sp³-hybridized carbons (Fsp3) is 0.542. The SMILES string of the molecule is C[C@]1(O)c2cc(S(=O)(=O)NC(=O)Nc3c4c(cc5c3CCC5)CCC4)oc2[C@@H]2CC[C@H]1C2. The Labute approximate surface area is 187 Å². The average Bonchev–Trinajstić information content (AvgIpc) is 3.50. The summed E-state index contributed by atoms with van der Waals surface area (Å²) in [6.45, 7) is 1.72. The highest BCUT2D eigenvalue weighted by Gasteiger charge is 2.49. The van der Waals surface area contributed by atoms with Crippen LogP contribution in [0, 0.1) is 5.92 Å². The zero-order valence-electron chi connectivity index (χ0n) is 18.2. The van der Waals surface area contributed by atoms with E-state index in [1.165, 1.54) is 17.2 Å². The second-order valence-corrected chi connectivity index (χ2v) is 11.6. The van der Waals surface area contributed by atoms with Crippen molar-refractivity contribution < 1.29 is 22.7 Å². The lowest BCUT2D eigenvalue weighted by Crippen LogP contribution is -2.35. The Kier molecular flexibility index (Phi) is 4.34. The first-order valence-electron chi connectivity index (χ1n) is 11.6. The van der Waals surface area contributed by atoms with E-state index in [-0.39, 0.29) is 16.9 Å². The molecule has 2 amide bonds. The van der Waals surface area contributed by atoms with Crippen LogP contribution in [-0.2, 0) is 41.3 Å². The first-order chi connectivity index (χ1) is 15.2. The summed E-state index contributed by atoms with van der Waals surface area (Å²) in [4.78, 5) is 12.8. The third-order valence-electron chi connectivity index (χ3n) is 8.09. The number of hydrogen-bond donors (Lipinski definition) is 3. The molecule has 32 heavy (non-hydrogen) atoms. The Morgan fingerprint density at radius 1 is 1.09 bits per heavy atom. The molecule has 3 N–H and O–H groups in total. The minimum atomic E-state index is -4.21. The van der Waals surface area contributed by atoms with Gasteiger partial charge in [-0.2, -0.15) is 8.42 Å². The van der Waals surface area contributed by atoms with Crippen molar-refractivity contribution in [2.24, 2.45) is 5.92 Å². The molecule has 2 aromatic rings. The maximum absolute atomic E-state index is 13.0. The Hall–Kier alpha value is -2.32. The normalized spacial score (nSPS) is 27.7. The molecule has 170 valence electrons. The predicted molar refractivity (Wildman–Crippen MR) is 118 cm³/mol. The van der Waals surface area contributed by atoms with Crippen molar-refractivity contribution in [3.8, 4) is 0 Å². The number of carbonyl (C=O) groups excluding carboxylic acids is 1. The lowest BCUT2D eigenvalue weighted by Gasteiger charge is -2.33. The van der Waals surface area contributed by atoms with Crippen LogP contribution in [0.1, 0.15) is 78.5 Å². The molecule has 0 radical (unpaired) electrons. The number of nitrogens with one attached hydrogen (secondary N) is 2. The van der Waals surface area contributed by atoms with Gasteiger partial charge in [0.05, 0.1) is 5.60 Å². The van der Waals surface area contributed by atoms with Gasteiger partial charge in [-0.05, 0) is 92.9 Å². The quantitative estimate of drug-likeness (QED) is 0.650. The van der Waals surface area contributed by atoms with E-state index in [0.717, 1.165) is 74.6 Å². The van der Waals surface area contributed by atoms with Crippen molar-refractivity contribution in [2.45, 2.75) is 81.3 Å². The van der Waals surface area contributed by atoms with Crippen LogP contribution in [0.25, 0.3) is 0 Å². The molecule has 1 aromatic heterocycles. The number of carbonyl (C=O) groups is 1. The van der Waals surface area contributed by atoms with Gasteiger partial charge >= 0.3 is 6.03 Å². The first-order valence-corrected chi connectivity index (χ1v) is 13.1. The second kappa shape index (κ2) is 6.84. The monoisotopic (exact) mass is 456 g/mol. The van der Waals surface area contributed by atoms with Crippen LogP contribution in [0.5, 0.6) is 0 Å². The minimum Gasteiger partial charge on any atom is -0.447 e. The molecule has 0 aliphatic heterocycles. The summed E-state index contributed by atoms with van der Waals surface area (Å²) in [6.07, 6.45) is 8.45. The smallest absolute Gasteiger partial charge is 0.333 e. The number of amides is 2. The van der Waals surface area contributed by atoms with Gasteiger partial charge < -0.3 is 14.8 Å². The molecule has 2 bridgehead atoms. The first kappa shape index (κ1) is 20.3. The number of hydrogen-bond acceptors (Lipinski definition) is 5. The summed E-state index contributed by atoms with van der Waals surface area (Å²) in [5.74, 6) is 0.775. The number of rotatable bonds is 3. The average molecular weight is 457 g/mol. The van der Waals surface area contributed by atoms with E-state index in [0.29, 0.717) is 11.3 Å². The predicted octanol–water partition coefficient (Wildman–Crippen LogP) is 3.87. The maximum Gasteiger partial charge on any atom is 0.333 e. The number of urea groups is 1. The van der Waals surface area contributed by atoms with E-state index in [2.05, 4.69) is 16.1 Å². The molecule has 1 aromatic carbocycles. The summed E-state index contributed by atoms with van der Waals surface area (Å²) < 4.78 is 33.9. The molecular formula is C24H28N2O5S. The van der Waals surface area contributed by atoms with E-state index >= 15 is 0 Å². The van der Waals surface area contributed by atoms with E-state index in [4.69, 9.17) is 4.42 Å². The fourth-order valence-corrected chi connectivity index (χ4v) is 7.31. The van der Waals surface area contributed by atoms with Gasteiger partial charge in [-0.15, -0.1) is 0 Å². The van der Waals surface area contributed by atoms with E-state index in [1.54, 1.807) is 6.92 Å². The van der Waals surface area contributed by atoms with Crippen molar-refractivity contribution in [3.05, 3.63) is 45.7 Å². The van der Waals surface area contributed by atoms with Crippen LogP contribution in [-0.4, -0.2) is 19.6 Å². The number of furan rings is 1. The summed E-state index contributed by atoms with van der Waals surface area (Å²) in [7, 11) is -4.21.